The minimum Gasteiger partial charge on any atom is -0.493 e. The molecule has 1 atom stereocenters. The Bertz CT molecular complexity index is 343. The Kier molecular flexibility index (Phi) is 3.83. The highest BCUT2D eigenvalue weighted by Crippen LogP contribution is 2.21. The van der Waals surface area contributed by atoms with Crippen molar-refractivity contribution in [1.29, 1.82) is 0 Å². The summed E-state index contributed by atoms with van der Waals surface area (Å²) in [5, 5.41) is 3.49. The molecule has 1 aromatic rings. The van der Waals surface area contributed by atoms with Gasteiger partial charge in [-0.15, -0.1) is 0 Å². The maximum atomic E-state index is 5.84. The molecular weight excluding hydrogens is 198 g/mol. The summed E-state index contributed by atoms with van der Waals surface area (Å²) in [6, 6.07) is 6.92. The quantitative estimate of drug-likeness (QED) is 0.840. The molecule has 0 bridgehead atoms. The van der Waals surface area contributed by atoms with Crippen LogP contribution in [0.3, 0.4) is 0 Å². The number of benzene rings is 1. The number of ether oxygens (including phenoxy) is 1. The number of nitrogens with one attached hydrogen (secondary N) is 1. The topological polar surface area (TPSA) is 21.3 Å². The lowest BCUT2D eigenvalue weighted by Gasteiger charge is -2.13. The SMILES string of the molecule is Cc1cccc(OCCC2CCCN2)c1C. The van der Waals surface area contributed by atoms with Crippen molar-refractivity contribution >= 4 is 0 Å². The molecular formula is C14H21NO. The van der Waals surface area contributed by atoms with Gasteiger partial charge in [-0.05, 0) is 56.8 Å². The number of rotatable bonds is 4. The van der Waals surface area contributed by atoms with Crippen molar-refractivity contribution < 1.29 is 4.74 Å². The first kappa shape index (κ1) is 11.5. The Morgan fingerprint density at radius 2 is 2.25 bits per heavy atom. The predicted molar refractivity (Wildman–Crippen MR) is 67.1 cm³/mol. The summed E-state index contributed by atoms with van der Waals surface area (Å²) in [5.41, 5.74) is 2.57. The summed E-state index contributed by atoms with van der Waals surface area (Å²) in [5.74, 6) is 1.04. The van der Waals surface area contributed by atoms with Crippen LogP contribution in [0.25, 0.3) is 0 Å². The summed E-state index contributed by atoms with van der Waals surface area (Å²) in [6.45, 7) is 6.25. The van der Waals surface area contributed by atoms with E-state index in [-0.39, 0.29) is 0 Å². The minimum absolute atomic E-state index is 0.671. The van der Waals surface area contributed by atoms with E-state index in [0.717, 1.165) is 18.8 Å². The first-order valence-electron chi connectivity index (χ1n) is 6.20. The molecule has 1 fully saturated rings. The molecule has 1 aliphatic rings. The fraction of sp³-hybridized carbons (Fsp3) is 0.571. The molecule has 0 aliphatic carbocycles. The molecule has 16 heavy (non-hydrogen) atoms. The van der Waals surface area contributed by atoms with Gasteiger partial charge in [0.2, 0.25) is 0 Å². The van der Waals surface area contributed by atoms with Gasteiger partial charge in [0.25, 0.3) is 0 Å². The zero-order chi connectivity index (χ0) is 11.4. The highest BCUT2D eigenvalue weighted by atomic mass is 16.5. The summed E-state index contributed by atoms with van der Waals surface area (Å²) < 4.78 is 5.84. The van der Waals surface area contributed by atoms with E-state index in [0.29, 0.717) is 6.04 Å². The summed E-state index contributed by atoms with van der Waals surface area (Å²) >= 11 is 0. The standard InChI is InChI=1S/C14H21NO/c1-11-5-3-7-14(12(11)2)16-10-8-13-6-4-9-15-13/h3,5,7,13,15H,4,6,8-10H2,1-2H3. The van der Waals surface area contributed by atoms with E-state index in [9.17, 15) is 0 Å². The molecule has 1 unspecified atom stereocenters. The Balaban J connectivity index is 1.82. The van der Waals surface area contributed by atoms with E-state index in [1.165, 1.54) is 30.5 Å². The van der Waals surface area contributed by atoms with Gasteiger partial charge < -0.3 is 10.1 Å². The second-order valence-electron chi connectivity index (χ2n) is 4.63. The molecule has 88 valence electrons. The molecule has 1 heterocycles. The van der Waals surface area contributed by atoms with Crippen LogP contribution in [0, 0.1) is 13.8 Å². The van der Waals surface area contributed by atoms with Gasteiger partial charge in [-0.3, -0.25) is 0 Å². The van der Waals surface area contributed by atoms with Gasteiger partial charge >= 0.3 is 0 Å². The molecule has 1 aliphatic heterocycles. The molecule has 0 saturated carbocycles. The van der Waals surface area contributed by atoms with Gasteiger partial charge in [-0.25, -0.2) is 0 Å². The van der Waals surface area contributed by atoms with E-state index in [4.69, 9.17) is 4.74 Å². The first-order valence-corrected chi connectivity index (χ1v) is 6.20. The normalized spacial score (nSPS) is 20.0. The molecule has 0 amide bonds. The maximum Gasteiger partial charge on any atom is 0.122 e. The van der Waals surface area contributed by atoms with Crippen LogP contribution in [0.4, 0.5) is 0 Å². The van der Waals surface area contributed by atoms with Gasteiger partial charge in [0.05, 0.1) is 6.61 Å². The molecule has 1 aromatic carbocycles. The fourth-order valence-electron chi connectivity index (χ4n) is 2.19. The molecule has 2 rings (SSSR count). The van der Waals surface area contributed by atoms with Crippen LogP contribution in [0.2, 0.25) is 0 Å². The number of hydrogen-bond acceptors (Lipinski definition) is 2. The van der Waals surface area contributed by atoms with Crippen molar-refractivity contribution in [3.63, 3.8) is 0 Å². The van der Waals surface area contributed by atoms with Crippen molar-refractivity contribution in [2.24, 2.45) is 0 Å². The molecule has 2 nitrogen and oxygen atoms in total. The van der Waals surface area contributed by atoms with Crippen LogP contribution in [-0.2, 0) is 0 Å². The molecule has 1 N–H and O–H groups in total. The van der Waals surface area contributed by atoms with Gasteiger partial charge in [0, 0.05) is 6.04 Å². The number of aryl methyl sites for hydroxylation is 1. The molecule has 1 saturated heterocycles. The van der Waals surface area contributed by atoms with Crippen molar-refractivity contribution in [3.8, 4) is 5.75 Å². The van der Waals surface area contributed by atoms with Gasteiger partial charge in [-0.1, -0.05) is 12.1 Å². The Hall–Kier alpha value is -1.02. The smallest absolute Gasteiger partial charge is 0.122 e. The lowest BCUT2D eigenvalue weighted by molar-refractivity contribution is 0.290. The van der Waals surface area contributed by atoms with Gasteiger partial charge in [-0.2, -0.15) is 0 Å². The van der Waals surface area contributed by atoms with Crippen LogP contribution < -0.4 is 10.1 Å². The Labute approximate surface area is 98.0 Å². The maximum absolute atomic E-state index is 5.84. The first-order chi connectivity index (χ1) is 7.77. The lowest BCUT2D eigenvalue weighted by atomic mass is 10.1. The second kappa shape index (κ2) is 5.35. The van der Waals surface area contributed by atoms with Crippen molar-refractivity contribution in [1.82, 2.24) is 5.32 Å². The van der Waals surface area contributed by atoms with E-state index in [1.807, 2.05) is 0 Å². The third-order valence-electron chi connectivity index (χ3n) is 3.44. The molecule has 2 heteroatoms. The molecule has 0 spiro atoms. The Morgan fingerprint density at radius 1 is 1.38 bits per heavy atom. The van der Waals surface area contributed by atoms with Crippen LogP contribution >= 0.6 is 0 Å². The molecule has 0 aromatic heterocycles. The number of hydrogen-bond donors (Lipinski definition) is 1. The highest BCUT2D eigenvalue weighted by molar-refractivity contribution is 5.38. The average molecular weight is 219 g/mol. The average Bonchev–Trinajstić information content (AvgIpc) is 2.77. The summed E-state index contributed by atoms with van der Waals surface area (Å²) in [7, 11) is 0. The largest absolute Gasteiger partial charge is 0.493 e. The lowest BCUT2D eigenvalue weighted by Crippen LogP contribution is -2.23. The fourth-order valence-corrected chi connectivity index (χ4v) is 2.19. The monoisotopic (exact) mass is 219 g/mol. The third-order valence-corrected chi connectivity index (χ3v) is 3.44. The van der Waals surface area contributed by atoms with Crippen LogP contribution in [0.1, 0.15) is 30.4 Å². The summed E-state index contributed by atoms with van der Waals surface area (Å²) in [4.78, 5) is 0. The van der Waals surface area contributed by atoms with E-state index in [2.05, 4.69) is 37.4 Å². The van der Waals surface area contributed by atoms with E-state index < -0.39 is 0 Å². The van der Waals surface area contributed by atoms with Crippen molar-refractivity contribution in [2.45, 2.75) is 39.2 Å². The van der Waals surface area contributed by atoms with Crippen molar-refractivity contribution in [2.75, 3.05) is 13.2 Å². The molecule has 0 radical (unpaired) electrons. The second-order valence-corrected chi connectivity index (χ2v) is 4.63. The summed E-state index contributed by atoms with van der Waals surface area (Å²) in [6.07, 6.45) is 3.73. The zero-order valence-electron chi connectivity index (χ0n) is 10.3. The van der Waals surface area contributed by atoms with Crippen LogP contribution in [0.15, 0.2) is 18.2 Å². The highest BCUT2D eigenvalue weighted by Gasteiger charge is 2.13. The van der Waals surface area contributed by atoms with Gasteiger partial charge in [0.15, 0.2) is 0 Å². The third kappa shape index (κ3) is 2.76. The van der Waals surface area contributed by atoms with Crippen molar-refractivity contribution in [3.05, 3.63) is 29.3 Å². The van der Waals surface area contributed by atoms with E-state index >= 15 is 0 Å². The van der Waals surface area contributed by atoms with Crippen LogP contribution in [0.5, 0.6) is 5.75 Å². The zero-order valence-corrected chi connectivity index (χ0v) is 10.3. The predicted octanol–water partition coefficient (Wildman–Crippen LogP) is 2.82. The van der Waals surface area contributed by atoms with Crippen LogP contribution in [-0.4, -0.2) is 19.2 Å². The Morgan fingerprint density at radius 3 is 3.00 bits per heavy atom. The van der Waals surface area contributed by atoms with Gasteiger partial charge in [0.1, 0.15) is 5.75 Å². The van der Waals surface area contributed by atoms with E-state index in [1.54, 1.807) is 0 Å². The minimum atomic E-state index is 0.671.